The first-order chi connectivity index (χ1) is 13.4. The first-order valence-electron chi connectivity index (χ1n) is 7.88. The third-order valence-corrected chi connectivity index (χ3v) is 3.94. The summed E-state index contributed by atoms with van der Waals surface area (Å²) in [6.07, 6.45) is 7.01. The van der Waals surface area contributed by atoms with Crippen LogP contribution in [0.3, 0.4) is 0 Å². The van der Waals surface area contributed by atoms with Gasteiger partial charge in [0.15, 0.2) is 23.1 Å². The Labute approximate surface area is 154 Å². The summed E-state index contributed by atoms with van der Waals surface area (Å²) in [5.41, 5.74) is 0.0970. The normalized spacial score (nSPS) is 11.1. The van der Waals surface area contributed by atoms with Crippen molar-refractivity contribution in [3.05, 3.63) is 77.5 Å². The fraction of sp³-hybridized carbons (Fsp3) is 0.0588. The quantitative estimate of drug-likeness (QED) is 0.330. The third-order valence-electron chi connectivity index (χ3n) is 3.94. The molecule has 3 aromatic heterocycles. The van der Waals surface area contributed by atoms with Crippen molar-refractivity contribution in [1.29, 1.82) is 0 Å². The van der Waals surface area contributed by atoms with Crippen LogP contribution in [0.2, 0.25) is 0 Å². The van der Waals surface area contributed by atoms with Gasteiger partial charge in [0, 0.05) is 30.2 Å². The molecule has 28 heavy (non-hydrogen) atoms. The highest BCUT2D eigenvalue weighted by atomic mass is 19.2. The van der Waals surface area contributed by atoms with Gasteiger partial charge in [-0.3, -0.25) is 9.48 Å². The SMILES string of the molecule is O=C(Nc1cnn(Cc2c(F)cc(F)c(F)c2F)c1)c1cnn2cccnc12. The summed E-state index contributed by atoms with van der Waals surface area (Å²) in [6, 6.07) is 1.92. The minimum atomic E-state index is -1.77. The molecule has 1 amide bonds. The van der Waals surface area contributed by atoms with Crippen molar-refractivity contribution >= 4 is 17.2 Å². The Balaban J connectivity index is 1.54. The fourth-order valence-corrected chi connectivity index (χ4v) is 2.61. The lowest BCUT2D eigenvalue weighted by atomic mass is 10.2. The van der Waals surface area contributed by atoms with Gasteiger partial charge in [-0.1, -0.05) is 0 Å². The number of hydrogen-bond donors (Lipinski definition) is 1. The number of anilines is 1. The van der Waals surface area contributed by atoms with Gasteiger partial charge in [-0.05, 0) is 6.07 Å². The number of carbonyl (C=O) groups is 1. The molecule has 142 valence electrons. The van der Waals surface area contributed by atoms with Gasteiger partial charge >= 0.3 is 0 Å². The first-order valence-corrected chi connectivity index (χ1v) is 7.88. The second kappa shape index (κ2) is 6.76. The van der Waals surface area contributed by atoms with E-state index in [9.17, 15) is 22.4 Å². The predicted octanol–water partition coefficient (Wildman–Crippen LogP) is 2.78. The lowest BCUT2D eigenvalue weighted by Crippen LogP contribution is -2.12. The predicted molar refractivity (Wildman–Crippen MR) is 88.5 cm³/mol. The van der Waals surface area contributed by atoms with Crippen LogP contribution in [0.15, 0.2) is 43.1 Å². The van der Waals surface area contributed by atoms with Gasteiger partial charge in [0.05, 0.1) is 24.6 Å². The summed E-state index contributed by atoms with van der Waals surface area (Å²) in [6.45, 7) is -0.497. The molecule has 1 N–H and O–H groups in total. The smallest absolute Gasteiger partial charge is 0.261 e. The van der Waals surface area contributed by atoms with E-state index in [-0.39, 0.29) is 17.3 Å². The van der Waals surface area contributed by atoms with Crippen molar-refractivity contribution < 1.29 is 22.4 Å². The second-order valence-electron chi connectivity index (χ2n) is 5.77. The van der Waals surface area contributed by atoms with E-state index in [0.29, 0.717) is 5.65 Å². The highest BCUT2D eigenvalue weighted by Gasteiger charge is 2.20. The minimum absolute atomic E-state index is 0.214. The van der Waals surface area contributed by atoms with Gasteiger partial charge in [0.2, 0.25) is 0 Å². The molecule has 7 nitrogen and oxygen atoms in total. The van der Waals surface area contributed by atoms with Gasteiger partial charge in [0.25, 0.3) is 5.91 Å². The van der Waals surface area contributed by atoms with E-state index in [2.05, 4.69) is 20.5 Å². The summed E-state index contributed by atoms with van der Waals surface area (Å²) in [5, 5.41) is 10.4. The summed E-state index contributed by atoms with van der Waals surface area (Å²) >= 11 is 0. The zero-order valence-electron chi connectivity index (χ0n) is 13.9. The number of benzene rings is 1. The van der Waals surface area contributed by atoms with Crippen LogP contribution >= 0.6 is 0 Å². The zero-order chi connectivity index (χ0) is 19.8. The van der Waals surface area contributed by atoms with Crippen molar-refractivity contribution in [2.75, 3.05) is 5.32 Å². The lowest BCUT2D eigenvalue weighted by molar-refractivity contribution is 0.102. The topological polar surface area (TPSA) is 77.1 Å². The average molecular weight is 390 g/mol. The van der Waals surface area contributed by atoms with Crippen molar-refractivity contribution in [1.82, 2.24) is 24.4 Å². The molecule has 0 saturated heterocycles. The molecule has 0 unspecified atom stereocenters. The summed E-state index contributed by atoms with van der Waals surface area (Å²) in [4.78, 5) is 16.5. The molecule has 0 fully saturated rings. The molecule has 4 rings (SSSR count). The van der Waals surface area contributed by atoms with Crippen LogP contribution in [-0.4, -0.2) is 30.3 Å². The van der Waals surface area contributed by atoms with Gasteiger partial charge in [0.1, 0.15) is 11.4 Å². The molecule has 0 atom stereocenters. The van der Waals surface area contributed by atoms with Crippen molar-refractivity contribution in [3.8, 4) is 0 Å². The molecule has 0 spiro atoms. The molecule has 0 aliphatic heterocycles. The Kier molecular flexibility index (Phi) is 4.26. The van der Waals surface area contributed by atoms with Crippen LogP contribution in [0.1, 0.15) is 15.9 Å². The Morgan fingerprint density at radius 2 is 1.89 bits per heavy atom. The number of amides is 1. The molecule has 1 aromatic carbocycles. The van der Waals surface area contributed by atoms with Crippen LogP contribution in [0.4, 0.5) is 23.2 Å². The van der Waals surface area contributed by atoms with E-state index in [4.69, 9.17) is 0 Å². The molecule has 0 aliphatic rings. The molecular formula is C17H10F4N6O. The molecule has 3 heterocycles. The van der Waals surface area contributed by atoms with E-state index in [1.54, 1.807) is 12.3 Å². The van der Waals surface area contributed by atoms with Crippen molar-refractivity contribution in [3.63, 3.8) is 0 Å². The van der Waals surface area contributed by atoms with E-state index < -0.39 is 41.3 Å². The van der Waals surface area contributed by atoms with Gasteiger partial charge in [-0.15, -0.1) is 0 Å². The van der Waals surface area contributed by atoms with Crippen LogP contribution in [0, 0.1) is 23.3 Å². The molecular weight excluding hydrogens is 380 g/mol. The van der Waals surface area contributed by atoms with E-state index in [0.717, 1.165) is 4.68 Å². The van der Waals surface area contributed by atoms with Gasteiger partial charge in [-0.25, -0.2) is 27.1 Å². The largest absolute Gasteiger partial charge is 0.319 e. The summed E-state index contributed by atoms with van der Waals surface area (Å²) in [5.74, 6) is -6.77. The molecule has 0 aliphatic carbocycles. The summed E-state index contributed by atoms with van der Waals surface area (Å²) in [7, 11) is 0. The maximum atomic E-state index is 13.8. The molecule has 11 heteroatoms. The number of carbonyl (C=O) groups excluding carboxylic acids is 1. The highest BCUT2D eigenvalue weighted by Crippen LogP contribution is 2.20. The van der Waals surface area contributed by atoms with E-state index >= 15 is 0 Å². The van der Waals surface area contributed by atoms with Crippen LogP contribution < -0.4 is 5.32 Å². The number of halogens is 4. The number of rotatable bonds is 4. The first kappa shape index (κ1) is 17.6. The number of nitrogens with one attached hydrogen (secondary N) is 1. The number of fused-ring (bicyclic) bond motifs is 1. The average Bonchev–Trinajstić information content (AvgIpc) is 3.30. The Bertz CT molecular complexity index is 1200. The Morgan fingerprint density at radius 1 is 1.07 bits per heavy atom. The summed E-state index contributed by atoms with van der Waals surface area (Å²) < 4.78 is 56.4. The van der Waals surface area contributed by atoms with Gasteiger partial charge in [-0.2, -0.15) is 10.2 Å². The number of nitrogens with zero attached hydrogens (tertiary/aromatic N) is 5. The van der Waals surface area contributed by atoms with E-state index in [1.807, 2.05) is 0 Å². The van der Waals surface area contributed by atoms with Gasteiger partial charge < -0.3 is 5.32 Å². The zero-order valence-corrected chi connectivity index (χ0v) is 13.9. The number of hydrogen-bond acceptors (Lipinski definition) is 4. The highest BCUT2D eigenvalue weighted by molar-refractivity contribution is 6.07. The molecule has 0 radical (unpaired) electrons. The fourth-order valence-electron chi connectivity index (χ4n) is 2.61. The van der Waals surface area contributed by atoms with E-state index in [1.165, 1.54) is 29.3 Å². The second-order valence-corrected chi connectivity index (χ2v) is 5.77. The van der Waals surface area contributed by atoms with Crippen molar-refractivity contribution in [2.24, 2.45) is 0 Å². The maximum absolute atomic E-state index is 13.8. The van der Waals surface area contributed by atoms with Crippen molar-refractivity contribution in [2.45, 2.75) is 6.54 Å². The monoisotopic (exact) mass is 390 g/mol. The standard InChI is InChI=1S/C17H10F4N6O/c18-12-4-13(19)15(21)14(20)11(12)8-26-7-9(5-23-26)25-17(28)10-6-24-27-3-1-2-22-16(10)27/h1-7H,8H2,(H,25,28). The maximum Gasteiger partial charge on any atom is 0.261 e. The molecule has 0 bridgehead atoms. The van der Waals surface area contributed by atoms with Crippen LogP contribution in [0.25, 0.3) is 5.65 Å². The number of aromatic nitrogens is 5. The Morgan fingerprint density at radius 3 is 2.71 bits per heavy atom. The van der Waals surface area contributed by atoms with Crippen LogP contribution in [-0.2, 0) is 6.54 Å². The van der Waals surface area contributed by atoms with Crippen LogP contribution in [0.5, 0.6) is 0 Å². The minimum Gasteiger partial charge on any atom is -0.319 e. The Hall–Kier alpha value is -3.76. The molecule has 0 saturated carbocycles. The lowest BCUT2D eigenvalue weighted by Gasteiger charge is -2.07. The third kappa shape index (κ3) is 3.06. The molecule has 4 aromatic rings.